The van der Waals surface area contributed by atoms with Gasteiger partial charge in [-0.3, -0.25) is 4.79 Å². The van der Waals surface area contributed by atoms with Crippen molar-refractivity contribution in [2.45, 2.75) is 6.92 Å². The van der Waals surface area contributed by atoms with E-state index in [9.17, 15) is 4.79 Å². The first-order valence-corrected chi connectivity index (χ1v) is 6.27. The summed E-state index contributed by atoms with van der Waals surface area (Å²) < 4.78 is 0. The first-order chi connectivity index (χ1) is 9.08. The quantitative estimate of drug-likeness (QED) is 0.661. The molecule has 0 bridgehead atoms. The van der Waals surface area contributed by atoms with Gasteiger partial charge in [0.25, 0.3) is 5.91 Å². The number of aromatic amines is 1. The summed E-state index contributed by atoms with van der Waals surface area (Å²) in [5.41, 5.74) is 4.22. The molecule has 0 aliphatic carbocycles. The van der Waals surface area contributed by atoms with Gasteiger partial charge in [0.2, 0.25) is 0 Å². The molecule has 2 rings (SSSR count). The molecule has 1 heterocycles. The summed E-state index contributed by atoms with van der Waals surface area (Å²) in [6.07, 6.45) is 1.78. The Hall–Kier alpha value is -1.78. The smallest absolute Gasteiger partial charge is 0.272 e. The van der Waals surface area contributed by atoms with Crippen molar-refractivity contribution in [2.75, 3.05) is 0 Å². The van der Waals surface area contributed by atoms with Gasteiger partial charge >= 0.3 is 0 Å². The van der Waals surface area contributed by atoms with Gasteiger partial charge in [-0.2, -0.15) is 5.10 Å². The summed E-state index contributed by atoms with van der Waals surface area (Å²) in [4.78, 5) is 14.9. The van der Waals surface area contributed by atoms with Crippen molar-refractivity contribution in [2.24, 2.45) is 5.10 Å². The molecule has 0 aliphatic heterocycles. The van der Waals surface area contributed by atoms with E-state index in [0.29, 0.717) is 15.8 Å². The van der Waals surface area contributed by atoms with Crippen LogP contribution in [-0.2, 0) is 0 Å². The van der Waals surface area contributed by atoms with Crippen LogP contribution in [-0.4, -0.2) is 16.6 Å². The van der Waals surface area contributed by atoms with E-state index < -0.39 is 5.91 Å². The van der Waals surface area contributed by atoms with E-state index in [1.54, 1.807) is 25.3 Å². The maximum Gasteiger partial charge on any atom is 0.272 e. The van der Waals surface area contributed by atoms with Crippen LogP contribution < -0.4 is 5.43 Å². The van der Waals surface area contributed by atoms with Gasteiger partial charge in [0.15, 0.2) is 0 Å². The molecule has 0 fully saturated rings. The standard InChI is InChI=1S/C13H11Cl2N3O/c1-8(12-3-2-6-16-12)17-18-13(19)10-7-9(14)4-5-11(10)15/h2-7,16H,1H3,(H,18,19)/b17-8+. The van der Waals surface area contributed by atoms with Crippen LogP contribution >= 0.6 is 23.2 Å². The topological polar surface area (TPSA) is 57.2 Å². The average Bonchev–Trinajstić information content (AvgIpc) is 2.92. The van der Waals surface area contributed by atoms with Crippen molar-refractivity contribution in [1.82, 2.24) is 10.4 Å². The van der Waals surface area contributed by atoms with Crippen LogP contribution in [0.5, 0.6) is 0 Å². The van der Waals surface area contributed by atoms with Gasteiger partial charge in [0.1, 0.15) is 0 Å². The maximum absolute atomic E-state index is 11.9. The first kappa shape index (κ1) is 13.6. The number of hydrogen-bond donors (Lipinski definition) is 2. The largest absolute Gasteiger partial charge is 0.360 e. The van der Waals surface area contributed by atoms with E-state index in [1.165, 1.54) is 6.07 Å². The van der Waals surface area contributed by atoms with Crippen LogP contribution in [0, 0.1) is 0 Å². The summed E-state index contributed by atoms with van der Waals surface area (Å²) in [6, 6.07) is 8.40. The minimum atomic E-state index is -0.404. The zero-order chi connectivity index (χ0) is 13.8. The second-order valence-corrected chi connectivity index (χ2v) is 4.69. The molecule has 0 atom stereocenters. The van der Waals surface area contributed by atoms with Crippen LogP contribution in [0.4, 0.5) is 0 Å². The monoisotopic (exact) mass is 295 g/mol. The molecule has 0 saturated heterocycles. The van der Waals surface area contributed by atoms with E-state index in [0.717, 1.165) is 5.69 Å². The Morgan fingerprint density at radius 3 is 2.79 bits per heavy atom. The Labute approximate surface area is 120 Å². The number of halogens is 2. The minimum Gasteiger partial charge on any atom is -0.360 e. The van der Waals surface area contributed by atoms with Crippen molar-refractivity contribution in [3.8, 4) is 0 Å². The van der Waals surface area contributed by atoms with Crippen molar-refractivity contribution >= 4 is 34.8 Å². The molecule has 0 aliphatic rings. The average molecular weight is 296 g/mol. The molecule has 6 heteroatoms. The fraction of sp³-hybridized carbons (Fsp3) is 0.0769. The molecule has 0 unspecified atom stereocenters. The number of rotatable bonds is 3. The molecule has 1 aromatic carbocycles. The van der Waals surface area contributed by atoms with Gasteiger partial charge in [-0.25, -0.2) is 5.43 Å². The number of nitrogens with one attached hydrogen (secondary N) is 2. The summed E-state index contributed by atoms with van der Waals surface area (Å²) in [6.45, 7) is 1.78. The third-order valence-corrected chi connectivity index (χ3v) is 3.05. The summed E-state index contributed by atoms with van der Waals surface area (Å²) >= 11 is 11.8. The predicted molar refractivity (Wildman–Crippen MR) is 76.9 cm³/mol. The molecule has 0 radical (unpaired) electrons. The van der Waals surface area contributed by atoms with Gasteiger partial charge in [0.05, 0.1) is 22.0 Å². The molecule has 2 N–H and O–H groups in total. The van der Waals surface area contributed by atoms with Gasteiger partial charge in [-0.05, 0) is 37.3 Å². The highest BCUT2D eigenvalue weighted by molar-refractivity contribution is 6.35. The Kier molecular flexibility index (Phi) is 4.24. The highest BCUT2D eigenvalue weighted by atomic mass is 35.5. The van der Waals surface area contributed by atoms with E-state index in [-0.39, 0.29) is 5.56 Å². The van der Waals surface area contributed by atoms with Gasteiger partial charge in [-0.1, -0.05) is 23.2 Å². The summed E-state index contributed by atoms with van der Waals surface area (Å²) in [7, 11) is 0. The number of carbonyl (C=O) groups excluding carboxylic acids is 1. The summed E-state index contributed by atoms with van der Waals surface area (Å²) in [5, 5.41) is 4.77. The normalized spacial score (nSPS) is 11.4. The number of aromatic nitrogens is 1. The number of amides is 1. The maximum atomic E-state index is 11.9. The van der Waals surface area contributed by atoms with Crippen LogP contribution in [0.2, 0.25) is 10.0 Å². The molecular weight excluding hydrogens is 285 g/mol. The number of hydrogen-bond acceptors (Lipinski definition) is 2. The predicted octanol–water partition coefficient (Wildman–Crippen LogP) is 3.48. The zero-order valence-corrected chi connectivity index (χ0v) is 11.6. The van der Waals surface area contributed by atoms with Crippen LogP contribution in [0.3, 0.4) is 0 Å². The van der Waals surface area contributed by atoms with Crippen molar-refractivity contribution in [3.63, 3.8) is 0 Å². The van der Waals surface area contributed by atoms with Crippen LogP contribution in [0.15, 0.2) is 41.6 Å². The third kappa shape index (κ3) is 3.36. The van der Waals surface area contributed by atoms with E-state index in [1.807, 2.05) is 12.1 Å². The Morgan fingerprint density at radius 1 is 1.32 bits per heavy atom. The van der Waals surface area contributed by atoms with Crippen molar-refractivity contribution < 1.29 is 4.79 Å². The SMILES string of the molecule is C/C(=N\NC(=O)c1cc(Cl)ccc1Cl)c1ccc[nH]1. The van der Waals surface area contributed by atoms with E-state index >= 15 is 0 Å². The molecule has 1 aromatic heterocycles. The minimum absolute atomic E-state index is 0.289. The molecule has 2 aromatic rings. The van der Waals surface area contributed by atoms with E-state index in [2.05, 4.69) is 15.5 Å². The fourth-order valence-corrected chi connectivity index (χ4v) is 1.86. The Balaban J connectivity index is 2.14. The van der Waals surface area contributed by atoms with Crippen LogP contribution in [0.25, 0.3) is 0 Å². The fourth-order valence-electron chi connectivity index (χ4n) is 1.48. The molecule has 19 heavy (non-hydrogen) atoms. The Morgan fingerprint density at radius 2 is 2.11 bits per heavy atom. The molecular formula is C13H11Cl2N3O. The van der Waals surface area contributed by atoms with Crippen molar-refractivity contribution in [3.05, 3.63) is 57.8 Å². The molecule has 4 nitrogen and oxygen atoms in total. The number of nitrogens with zero attached hydrogens (tertiary/aromatic N) is 1. The van der Waals surface area contributed by atoms with Gasteiger partial charge in [-0.15, -0.1) is 0 Å². The lowest BCUT2D eigenvalue weighted by Gasteiger charge is -2.04. The number of benzene rings is 1. The first-order valence-electron chi connectivity index (χ1n) is 5.51. The Bertz CT molecular complexity index is 621. The lowest BCUT2D eigenvalue weighted by molar-refractivity contribution is 0.0955. The van der Waals surface area contributed by atoms with Gasteiger partial charge < -0.3 is 4.98 Å². The highest BCUT2D eigenvalue weighted by Gasteiger charge is 2.10. The van der Waals surface area contributed by atoms with Gasteiger partial charge in [0, 0.05) is 11.2 Å². The highest BCUT2D eigenvalue weighted by Crippen LogP contribution is 2.20. The van der Waals surface area contributed by atoms with E-state index in [4.69, 9.17) is 23.2 Å². The lowest BCUT2D eigenvalue weighted by Crippen LogP contribution is -2.19. The van der Waals surface area contributed by atoms with Crippen molar-refractivity contribution in [1.29, 1.82) is 0 Å². The lowest BCUT2D eigenvalue weighted by atomic mass is 10.2. The molecule has 0 spiro atoms. The second kappa shape index (κ2) is 5.91. The summed E-state index contributed by atoms with van der Waals surface area (Å²) in [5.74, 6) is -0.404. The third-order valence-electron chi connectivity index (χ3n) is 2.49. The zero-order valence-electron chi connectivity index (χ0n) is 10.1. The number of H-pyrrole nitrogens is 1. The van der Waals surface area contributed by atoms with Crippen LogP contribution in [0.1, 0.15) is 23.0 Å². The number of hydrazone groups is 1. The molecule has 1 amide bonds. The molecule has 0 saturated carbocycles. The molecule has 98 valence electrons. The number of carbonyl (C=O) groups is 1. The second-order valence-electron chi connectivity index (χ2n) is 3.85.